The van der Waals surface area contributed by atoms with Crippen molar-refractivity contribution in [2.24, 2.45) is 5.92 Å². The van der Waals surface area contributed by atoms with E-state index < -0.39 is 0 Å². The van der Waals surface area contributed by atoms with Gasteiger partial charge in [-0.25, -0.2) is 4.98 Å². The number of nitrogens with one attached hydrogen (secondary N) is 1. The first kappa shape index (κ1) is 15.0. The summed E-state index contributed by atoms with van der Waals surface area (Å²) >= 11 is 0. The Balaban J connectivity index is 2.74. The van der Waals surface area contributed by atoms with Crippen molar-refractivity contribution < 1.29 is 0 Å². The van der Waals surface area contributed by atoms with Gasteiger partial charge in [-0.1, -0.05) is 26.8 Å². The maximum Gasteiger partial charge on any atom is 0.128 e. The SMILES string of the molecule is CCNCc1ccc(N(CC(C)C)C(C)C)nc1. The highest BCUT2D eigenvalue weighted by Gasteiger charge is 2.13. The first-order chi connectivity index (χ1) is 8.54. The molecular weight excluding hydrogens is 222 g/mol. The second kappa shape index (κ2) is 7.37. The van der Waals surface area contributed by atoms with Crippen LogP contribution >= 0.6 is 0 Å². The summed E-state index contributed by atoms with van der Waals surface area (Å²) in [5, 5.41) is 3.31. The van der Waals surface area contributed by atoms with Crippen molar-refractivity contribution in [1.29, 1.82) is 0 Å². The Morgan fingerprint density at radius 3 is 2.39 bits per heavy atom. The van der Waals surface area contributed by atoms with Gasteiger partial charge in [0.25, 0.3) is 0 Å². The van der Waals surface area contributed by atoms with E-state index >= 15 is 0 Å². The lowest BCUT2D eigenvalue weighted by atomic mass is 10.1. The Morgan fingerprint density at radius 1 is 1.22 bits per heavy atom. The normalized spacial score (nSPS) is 11.3. The molecule has 0 aliphatic carbocycles. The molecule has 0 unspecified atom stereocenters. The quantitative estimate of drug-likeness (QED) is 0.805. The topological polar surface area (TPSA) is 28.2 Å². The van der Waals surface area contributed by atoms with E-state index in [2.05, 4.69) is 62.0 Å². The molecular formula is C15H27N3. The van der Waals surface area contributed by atoms with Gasteiger partial charge in [0.15, 0.2) is 0 Å². The number of nitrogens with zero attached hydrogens (tertiary/aromatic N) is 2. The number of anilines is 1. The standard InChI is InChI=1S/C15H27N3/c1-6-16-9-14-7-8-15(17-10-14)18(13(4)5)11-12(2)3/h7-8,10,12-13,16H,6,9,11H2,1-5H3. The summed E-state index contributed by atoms with van der Waals surface area (Å²) in [5.74, 6) is 1.73. The highest BCUT2D eigenvalue weighted by Crippen LogP contribution is 2.16. The fraction of sp³-hybridized carbons (Fsp3) is 0.667. The van der Waals surface area contributed by atoms with Crippen LogP contribution in [0.3, 0.4) is 0 Å². The van der Waals surface area contributed by atoms with Gasteiger partial charge >= 0.3 is 0 Å². The lowest BCUT2D eigenvalue weighted by Crippen LogP contribution is -2.34. The smallest absolute Gasteiger partial charge is 0.128 e. The van der Waals surface area contributed by atoms with Crippen LogP contribution in [0.2, 0.25) is 0 Å². The fourth-order valence-corrected chi connectivity index (χ4v) is 1.92. The Morgan fingerprint density at radius 2 is 1.94 bits per heavy atom. The number of hydrogen-bond acceptors (Lipinski definition) is 3. The monoisotopic (exact) mass is 249 g/mol. The molecule has 1 N–H and O–H groups in total. The molecule has 0 fully saturated rings. The molecule has 0 saturated carbocycles. The van der Waals surface area contributed by atoms with Crippen molar-refractivity contribution in [2.75, 3.05) is 18.0 Å². The molecule has 0 aliphatic rings. The Bertz CT molecular complexity index is 330. The summed E-state index contributed by atoms with van der Waals surface area (Å²) in [5.41, 5.74) is 1.24. The van der Waals surface area contributed by atoms with E-state index in [0.717, 1.165) is 25.5 Å². The molecule has 0 amide bonds. The molecule has 0 saturated heterocycles. The third-order valence-electron chi connectivity index (χ3n) is 2.87. The van der Waals surface area contributed by atoms with Crippen LogP contribution in [0.4, 0.5) is 5.82 Å². The van der Waals surface area contributed by atoms with E-state index in [0.29, 0.717) is 12.0 Å². The van der Waals surface area contributed by atoms with Gasteiger partial charge in [0.1, 0.15) is 5.82 Å². The maximum absolute atomic E-state index is 4.59. The number of pyridine rings is 1. The van der Waals surface area contributed by atoms with Crippen molar-refractivity contribution in [3.05, 3.63) is 23.9 Å². The summed E-state index contributed by atoms with van der Waals surface area (Å²) in [7, 11) is 0. The molecule has 1 heterocycles. The van der Waals surface area contributed by atoms with Crippen LogP contribution < -0.4 is 10.2 Å². The minimum absolute atomic E-state index is 0.486. The molecule has 1 aromatic rings. The van der Waals surface area contributed by atoms with Crippen molar-refractivity contribution in [1.82, 2.24) is 10.3 Å². The van der Waals surface area contributed by atoms with E-state index in [4.69, 9.17) is 0 Å². The van der Waals surface area contributed by atoms with Crippen LogP contribution in [0.25, 0.3) is 0 Å². The molecule has 102 valence electrons. The van der Waals surface area contributed by atoms with E-state index in [1.807, 2.05) is 6.20 Å². The van der Waals surface area contributed by atoms with Gasteiger partial charge in [-0.2, -0.15) is 0 Å². The third kappa shape index (κ3) is 4.65. The zero-order chi connectivity index (χ0) is 13.5. The first-order valence-corrected chi connectivity index (χ1v) is 6.96. The van der Waals surface area contributed by atoms with Gasteiger partial charge in [-0.05, 0) is 37.9 Å². The van der Waals surface area contributed by atoms with Gasteiger partial charge in [0, 0.05) is 25.3 Å². The van der Waals surface area contributed by atoms with Crippen LogP contribution in [0.1, 0.15) is 40.2 Å². The third-order valence-corrected chi connectivity index (χ3v) is 2.87. The maximum atomic E-state index is 4.59. The van der Waals surface area contributed by atoms with Crippen molar-refractivity contribution in [3.63, 3.8) is 0 Å². The van der Waals surface area contributed by atoms with Crippen LogP contribution in [0.15, 0.2) is 18.3 Å². The summed E-state index contributed by atoms with van der Waals surface area (Å²) in [6.45, 7) is 14.0. The molecule has 3 heteroatoms. The van der Waals surface area contributed by atoms with Crippen LogP contribution in [-0.2, 0) is 6.54 Å². The fourth-order valence-electron chi connectivity index (χ4n) is 1.92. The predicted octanol–water partition coefficient (Wildman–Crippen LogP) is 3.06. The van der Waals surface area contributed by atoms with Crippen LogP contribution in [0, 0.1) is 5.92 Å². The average molecular weight is 249 g/mol. The minimum Gasteiger partial charge on any atom is -0.354 e. The molecule has 0 aromatic carbocycles. The lowest BCUT2D eigenvalue weighted by Gasteiger charge is -2.29. The predicted molar refractivity (Wildman–Crippen MR) is 78.9 cm³/mol. The molecule has 0 aliphatic heterocycles. The second-order valence-electron chi connectivity index (χ2n) is 5.44. The Hall–Kier alpha value is -1.09. The second-order valence-corrected chi connectivity index (χ2v) is 5.44. The molecule has 1 aromatic heterocycles. The summed E-state index contributed by atoms with van der Waals surface area (Å²) < 4.78 is 0. The largest absolute Gasteiger partial charge is 0.354 e. The van der Waals surface area contributed by atoms with Gasteiger partial charge in [0.05, 0.1) is 0 Å². The van der Waals surface area contributed by atoms with Crippen molar-refractivity contribution in [3.8, 4) is 0 Å². The van der Waals surface area contributed by atoms with Gasteiger partial charge in [-0.3, -0.25) is 0 Å². The molecule has 3 nitrogen and oxygen atoms in total. The summed E-state index contributed by atoms with van der Waals surface area (Å²) in [6.07, 6.45) is 1.98. The van der Waals surface area contributed by atoms with Crippen molar-refractivity contribution >= 4 is 5.82 Å². The van der Waals surface area contributed by atoms with Crippen LogP contribution in [-0.4, -0.2) is 24.1 Å². The number of rotatable bonds is 7. The van der Waals surface area contributed by atoms with E-state index in [9.17, 15) is 0 Å². The molecule has 0 spiro atoms. The van der Waals surface area contributed by atoms with E-state index in [1.165, 1.54) is 5.56 Å². The zero-order valence-corrected chi connectivity index (χ0v) is 12.4. The molecule has 1 rings (SSSR count). The highest BCUT2D eigenvalue weighted by atomic mass is 15.2. The van der Waals surface area contributed by atoms with Crippen LogP contribution in [0.5, 0.6) is 0 Å². The number of aromatic nitrogens is 1. The highest BCUT2D eigenvalue weighted by molar-refractivity contribution is 5.40. The van der Waals surface area contributed by atoms with Crippen molar-refractivity contribution in [2.45, 2.75) is 47.2 Å². The zero-order valence-electron chi connectivity index (χ0n) is 12.4. The average Bonchev–Trinajstić information content (AvgIpc) is 2.34. The van der Waals surface area contributed by atoms with Gasteiger partial charge in [-0.15, -0.1) is 0 Å². The Labute approximate surface area is 112 Å². The van der Waals surface area contributed by atoms with Gasteiger partial charge < -0.3 is 10.2 Å². The molecule has 0 bridgehead atoms. The molecule has 0 atom stereocenters. The van der Waals surface area contributed by atoms with E-state index in [1.54, 1.807) is 0 Å². The minimum atomic E-state index is 0.486. The lowest BCUT2D eigenvalue weighted by molar-refractivity contribution is 0.566. The Kier molecular flexibility index (Phi) is 6.13. The molecule has 18 heavy (non-hydrogen) atoms. The first-order valence-electron chi connectivity index (χ1n) is 6.96. The summed E-state index contributed by atoms with van der Waals surface area (Å²) in [4.78, 5) is 6.95. The van der Waals surface area contributed by atoms with E-state index in [-0.39, 0.29) is 0 Å². The number of hydrogen-bond donors (Lipinski definition) is 1. The van der Waals surface area contributed by atoms with Gasteiger partial charge in [0.2, 0.25) is 0 Å². The summed E-state index contributed by atoms with van der Waals surface area (Å²) in [6, 6.07) is 4.79. The molecule has 0 radical (unpaired) electrons.